The number of hydrogen-bond donors (Lipinski definition) is 1. The van der Waals surface area contributed by atoms with E-state index in [-0.39, 0.29) is 0 Å². The van der Waals surface area contributed by atoms with Gasteiger partial charge in [0.15, 0.2) is 0 Å². The SMILES string of the molecule is Cc1nc(N2CCCCCC2)ccc1[C@H](O)c1ccccc1. The van der Waals surface area contributed by atoms with E-state index in [2.05, 4.69) is 11.0 Å². The Morgan fingerprint density at radius 3 is 2.27 bits per heavy atom. The minimum Gasteiger partial charge on any atom is -0.384 e. The van der Waals surface area contributed by atoms with Crippen LogP contribution in [0.3, 0.4) is 0 Å². The molecule has 1 atom stereocenters. The molecule has 1 aliphatic heterocycles. The van der Waals surface area contributed by atoms with E-state index in [9.17, 15) is 5.11 Å². The molecular formula is C19H24N2O. The number of aromatic nitrogens is 1. The number of aliphatic hydroxyl groups is 1. The fraction of sp³-hybridized carbons (Fsp3) is 0.421. The van der Waals surface area contributed by atoms with Crippen LogP contribution in [0.2, 0.25) is 0 Å². The number of rotatable bonds is 3. The average Bonchev–Trinajstić information content (AvgIpc) is 2.84. The third kappa shape index (κ3) is 3.30. The van der Waals surface area contributed by atoms with Gasteiger partial charge in [-0.3, -0.25) is 0 Å². The summed E-state index contributed by atoms with van der Waals surface area (Å²) in [6, 6.07) is 13.9. The lowest BCUT2D eigenvalue weighted by Crippen LogP contribution is -2.25. The first-order chi connectivity index (χ1) is 10.8. The summed E-state index contributed by atoms with van der Waals surface area (Å²) in [5.74, 6) is 1.04. The number of hydrogen-bond acceptors (Lipinski definition) is 3. The third-order valence-corrected chi connectivity index (χ3v) is 4.45. The van der Waals surface area contributed by atoms with Crippen molar-refractivity contribution in [2.45, 2.75) is 38.7 Å². The van der Waals surface area contributed by atoms with Crippen molar-refractivity contribution in [3.05, 3.63) is 59.3 Å². The molecule has 0 bridgehead atoms. The molecule has 0 aliphatic carbocycles. The molecule has 0 saturated carbocycles. The summed E-state index contributed by atoms with van der Waals surface area (Å²) in [7, 11) is 0. The van der Waals surface area contributed by atoms with Crippen molar-refractivity contribution >= 4 is 5.82 Å². The molecule has 0 amide bonds. The Labute approximate surface area is 132 Å². The van der Waals surface area contributed by atoms with Gasteiger partial charge in [0.1, 0.15) is 11.9 Å². The van der Waals surface area contributed by atoms with Gasteiger partial charge >= 0.3 is 0 Å². The molecule has 2 aromatic rings. The highest BCUT2D eigenvalue weighted by atomic mass is 16.3. The van der Waals surface area contributed by atoms with Gasteiger partial charge in [0.05, 0.1) is 0 Å². The van der Waals surface area contributed by atoms with Gasteiger partial charge in [0.25, 0.3) is 0 Å². The van der Waals surface area contributed by atoms with Crippen LogP contribution in [0.1, 0.15) is 48.6 Å². The summed E-state index contributed by atoms with van der Waals surface area (Å²) in [6.45, 7) is 4.17. The molecule has 0 unspecified atom stereocenters. The van der Waals surface area contributed by atoms with Crippen LogP contribution in [0.5, 0.6) is 0 Å². The first kappa shape index (κ1) is 15.0. The molecule has 0 spiro atoms. The largest absolute Gasteiger partial charge is 0.384 e. The second-order valence-electron chi connectivity index (χ2n) is 6.06. The normalized spacial score (nSPS) is 17.1. The Morgan fingerprint density at radius 1 is 0.955 bits per heavy atom. The fourth-order valence-corrected chi connectivity index (χ4v) is 3.14. The second-order valence-corrected chi connectivity index (χ2v) is 6.06. The first-order valence-corrected chi connectivity index (χ1v) is 8.21. The molecule has 1 N–H and O–H groups in total. The highest BCUT2D eigenvalue weighted by molar-refractivity contribution is 5.44. The summed E-state index contributed by atoms with van der Waals surface area (Å²) in [4.78, 5) is 7.12. The minimum atomic E-state index is -0.605. The lowest BCUT2D eigenvalue weighted by molar-refractivity contribution is 0.219. The van der Waals surface area contributed by atoms with E-state index in [0.717, 1.165) is 35.7 Å². The van der Waals surface area contributed by atoms with Crippen LogP contribution < -0.4 is 4.90 Å². The van der Waals surface area contributed by atoms with E-state index in [1.807, 2.05) is 43.3 Å². The first-order valence-electron chi connectivity index (χ1n) is 8.21. The molecule has 22 heavy (non-hydrogen) atoms. The maximum Gasteiger partial charge on any atom is 0.128 e. The number of nitrogens with zero attached hydrogens (tertiary/aromatic N) is 2. The van der Waals surface area contributed by atoms with Gasteiger partial charge < -0.3 is 10.0 Å². The van der Waals surface area contributed by atoms with E-state index in [4.69, 9.17) is 4.98 Å². The van der Waals surface area contributed by atoms with Gasteiger partial charge in [0, 0.05) is 24.3 Å². The van der Waals surface area contributed by atoms with Gasteiger partial charge in [-0.15, -0.1) is 0 Å². The molecule has 3 nitrogen and oxygen atoms in total. The topological polar surface area (TPSA) is 36.4 Å². The molecule has 2 heterocycles. The van der Waals surface area contributed by atoms with Crippen LogP contribution in [-0.4, -0.2) is 23.2 Å². The number of aliphatic hydroxyl groups excluding tert-OH is 1. The molecule has 3 rings (SSSR count). The zero-order valence-corrected chi connectivity index (χ0v) is 13.2. The van der Waals surface area contributed by atoms with Gasteiger partial charge in [-0.1, -0.05) is 49.2 Å². The second kappa shape index (κ2) is 6.93. The Bertz CT molecular complexity index is 604. The van der Waals surface area contributed by atoms with Crippen molar-refractivity contribution in [1.82, 2.24) is 4.98 Å². The van der Waals surface area contributed by atoms with Gasteiger partial charge in [0.2, 0.25) is 0 Å². The van der Waals surface area contributed by atoms with Crippen molar-refractivity contribution in [3.8, 4) is 0 Å². The third-order valence-electron chi connectivity index (χ3n) is 4.45. The number of pyridine rings is 1. The van der Waals surface area contributed by atoms with E-state index < -0.39 is 6.10 Å². The quantitative estimate of drug-likeness (QED) is 0.934. The number of benzene rings is 1. The summed E-state index contributed by atoms with van der Waals surface area (Å²) < 4.78 is 0. The van der Waals surface area contributed by atoms with E-state index in [1.165, 1.54) is 25.7 Å². The average molecular weight is 296 g/mol. The smallest absolute Gasteiger partial charge is 0.128 e. The zero-order chi connectivity index (χ0) is 15.4. The fourth-order valence-electron chi connectivity index (χ4n) is 3.14. The lowest BCUT2D eigenvalue weighted by Gasteiger charge is -2.23. The molecule has 3 heteroatoms. The lowest BCUT2D eigenvalue weighted by atomic mass is 10.0. The molecule has 116 valence electrons. The van der Waals surface area contributed by atoms with Crippen LogP contribution in [0.25, 0.3) is 0 Å². The number of aryl methyl sites for hydroxylation is 1. The maximum atomic E-state index is 10.6. The van der Waals surface area contributed by atoms with Gasteiger partial charge in [-0.2, -0.15) is 0 Å². The number of anilines is 1. The Hall–Kier alpha value is -1.87. The van der Waals surface area contributed by atoms with Crippen LogP contribution in [0.15, 0.2) is 42.5 Å². The standard InChI is InChI=1S/C19H24N2O/c1-15-17(19(22)16-9-5-4-6-10-16)11-12-18(20-15)21-13-7-2-3-8-14-21/h4-6,9-12,19,22H,2-3,7-8,13-14H2,1H3/t19-/m1/s1. The molecule has 1 saturated heterocycles. The summed E-state index contributed by atoms with van der Waals surface area (Å²) >= 11 is 0. The Morgan fingerprint density at radius 2 is 1.64 bits per heavy atom. The van der Waals surface area contributed by atoms with Crippen molar-refractivity contribution in [3.63, 3.8) is 0 Å². The molecular weight excluding hydrogens is 272 g/mol. The molecule has 0 radical (unpaired) electrons. The summed E-state index contributed by atoms with van der Waals surface area (Å²) in [5.41, 5.74) is 2.72. The highest BCUT2D eigenvalue weighted by Crippen LogP contribution is 2.26. The summed E-state index contributed by atoms with van der Waals surface area (Å²) in [5, 5.41) is 10.6. The highest BCUT2D eigenvalue weighted by Gasteiger charge is 2.16. The molecule has 1 aliphatic rings. The monoisotopic (exact) mass is 296 g/mol. The molecule has 1 fully saturated rings. The predicted molar refractivity (Wildman–Crippen MR) is 90.2 cm³/mol. The van der Waals surface area contributed by atoms with Crippen molar-refractivity contribution in [2.24, 2.45) is 0 Å². The molecule has 1 aromatic carbocycles. The predicted octanol–water partition coefficient (Wildman–Crippen LogP) is 3.85. The van der Waals surface area contributed by atoms with Gasteiger partial charge in [-0.25, -0.2) is 4.98 Å². The minimum absolute atomic E-state index is 0.605. The summed E-state index contributed by atoms with van der Waals surface area (Å²) in [6.07, 6.45) is 4.53. The van der Waals surface area contributed by atoms with Crippen LogP contribution in [0.4, 0.5) is 5.82 Å². The van der Waals surface area contributed by atoms with E-state index in [0.29, 0.717) is 0 Å². The van der Waals surface area contributed by atoms with Crippen molar-refractivity contribution in [1.29, 1.82) is 0 Å². The zero-order valence-electron chi connectivity index (χ0n) is 13.2. The van der Waals surface area contributed by atoms with E-state index in [1.54, 1.807) is 0 Å². The van der Waals surface area contributed by atoms with Crippen molar-refractivity contribution < 1.29 is 5.11 Å². The van der Waals surface area contributed by atoms with E-state index >= 15 is 0 Å². The Kier molecular flexibility index (Phi) is 4.74. The maximum absolute atomic E-state index is 10.6. The van der Waals surface area contributed by atoms with Crippen molar-refractivity contribution in [2.75, 3.05) is 18.0 Å². The molecule has 1 aromatic heterocycles. The van der Waals surface area contributed by atoms with Crippen LogP contribution in [0, 0.1) is 6.92 Å². The van der Waals surface area contributed by atoms with Gasteiger partial charge in [-0.05, 0) is 31.4 Å². The Balaban J connectivity index is 1.82. The van der Waals surface area contributed by atoms with Crippen LogP contribution in [-0.2, 0) is 0 Å². The van der Waals surface area contributed by atoms with Crippen LogP contribution >= 0.6 is 0 Å².